The van der Waals surface area contributed by atoms with Crippen molar-refractivity contribution in [3.8, 4) is 23.0 Å². The van der Waals surface area contributed by atoms with Crippen LogP contribution in [0.2, 0.25) is 0 Å². The minimum Gasteiger partial charge on any atom is -0.502 e. The highest BCUT2D eigenvalue weighted by Gasteiger charge is 2.36. The second-order valence-corrected chi connectivity index (χ2v) is 10.4. The van der Waals surface area contributed by atoms with Gasteiger partial charge in [-0.25, -0.2) is 0 Å². The molecule has 5 rings (SSSR count). The van der Waals surface area contributed by atoms with Crippen LogP contribution in [-0.4, -0.2) is 62.1 Å². The number of likely N-dealkylation sites (tertiary alicyclic amines) is 1. The quantitative estimate of drug-likeness (QED) is 0.386. The Kier molecular flexibility index (Phi) is 8.07. The van der Waals surface area contributed by atoms with Gasteiger partial charge in [0.2, 0.25) is 16.9 Å². The fourth-order valence-corrected chi connectivity index (χ4v) is 6.21. The number of rotatable bonds is 9. The normalized spacial score (nSPS) is 18.7. The first-order chi connectivity index (χ1) is 19.8. The zero-order valence-corrected chi connectivity index (χ0v) is 23.5. The Balaban J connectivity index is 1.52. The molecule has 1 N–H and O–H groups in total. The molecular formula is C30H34N2O9. The molecule has 1 unspecified atom stereocenters. The fourth-order valence-electron chi connectivity index (χ4n) is 6.21. The first-order valence-corrected chi connectivity index (χ1v) is 13.4. The van der Waals surface area contributed by atoms with Gasteiger partial charge in [0, 0.05) is 48.9 Å². The van der Waals surface area contributed by atoms with Crippen molar-refractivity contribution < 1.29 is 33.3 Å². The number of fused-ring (bicyclic) bond motifs is 4. The maximum atomic E-state index is 13.0. The number of hydrogen-bond donors (Lipinski definition) is 1. The van der Waals surface area contributed by atoms with Crippen LogP contribution in [0.3, 0.4) is 0 Å². The van der Waals surface area contributed by atoms with Crippen LogP contribution in [0, 0.1) is 5.92 Å². The number of pyridine rings is 1. The third-order valence-electron chi connectivity index (χ3n) is 7.96. The number of esters is 1. The molecule has 0 amide bonds. The van der Waals surface area contributed by atoms with E-state index in [2.05, 4.69) is 4.90 Å². The average Bonchev–Trinajstić information content (AvgIpc) is 2.97. The summed E-state index contributed by atoms with van der Waals surface area (Å²) >= 11 is 0. The minimum absolute atomic E-state index is 0.0158. The van der Waals surface area contributed by atoms with Crippen molar-refractivity contribution in [3.63, 3.8) is 0 Å². The molecule has 1 saturated heterocycles. The van der Waals surface area contributed by atoms with Crippen LogP contribution >= 0.6 is 0 Å². The molecule has 0 saturated carbocycles. The number of benzene rings is 1. The van der Waals surface area contributed by atoms with Crippen LogP contribution in [0.4, 0.5) is 0 Å². The van der Waals surface area contributed by atoms with Crippen molar-refractivity contribution in [2.24, 2.45) is 5.92 Å². The Morgan fingerprint density at radius 1 is 1.02 bits per heavy atom. The standard InChI is InChI=1S/C30H34N2O9/c1-37-24-9-8-20(29(39-3)30(24)40-4)21(12-26(35)38-2)28-27(36)23(33)11-19(41-28)16-31-13-17-10-18(15-31)22-6-5-7-25(34)32(22)14-17/h5-9,11,17-18,21,36H,10,12-16H2,1-4H3/t17-,18+,21?/m1/s1. The van der Waals surface area contributed by atoms with E-state index in [1.165, 1.54) is 34.5 Å². The van der Waals surface area contributed by atoms with Gasteiger partial charge in [0.15, 0.2) is 17.3 Å². The van der Waals surface area contributed by atoms with Gasteiger partial charge in [-0.1, -0.05) is 12.1 Å². The average molecular weight is 567 g/mol. The molecule has 41 heavy (non-hydrogen) atoms. The first kappa shape index (κ1) is 28.3. The lowest BCUT2D eigenvalue weighted by atomic mass is 9.83. The van der Waals surface area contributed by atoms with Gasteiger partial charge in [-0.05, 0) is 24.5 Å². The summed E-state index contributed by atoms with van der Waals surface area (Å²) in [5, 5.41) is 10.9. The molecule has 2 aliphatic rings. The Morgan fingerprint density at radius 3 is 2.51 bits per heavy atom. The van der Waals surface area contributed by atoms with E-state index in [0.717, 1.165) is 18.7 Å². The van der Waals surface area contributed by atoms with Gasteiger partial charge in [0.05, 0.1) is 47.3 Å². The highest BCUT2D eigenvalue weighted by molar-refractivity contribution is 5.72. The molecule has 2 aliphatic heterocycles. The Hall–Kier alpha value is -4.25. The number of aromatic hydroxyl groups is 1. The minimum atomic E-state index is -0.927. The third-order valence-corrected chi connectivity index (χ3v) is 7.96. The van der Waals surface area contributed by atoms with Crippen LogP contribution < -0.4 is 25.2 Å². The summed E-state index contributed by atoms with van der Waals surface area (Å²) in [6.45, 7) is 2.38. The van der Waals surface area contributed by atoms with Crippen molar-refractivity contribution in [3.05, 3.63) is 79.8 Å². The summed E-state index contributed by atoms with van der Waals surface area (Å²) in [5.41, 5.74) is 0.859. The Morgan fingerprint density at radius 2 is 1.80 bits per heavy atom. The SMILES string of the molecule is COC(=O)CC(c1ccc(OC)c(OC)c1OC)c1oc(CN2C[C@H]3C[C@@H](C2)c2cccc(=O)n2C3)cc(=O)c1O. The number of hydrogen-bond acceptors (Lipinski definition) is 10. The number of carbonyl (C=O) groups is 1. The highest BCUT2D eigenvalue weighted by atomic mass is 16.5. The zero-order valence-electron chi connectivity index (χ0n) is 23.5. The Labute approximate surface area is 236 Å². The van der Waals surface area contributed by atoms with E-state index in [9.17, 15) is 19.5 Å². The summed E-state index contributed by atoms with van der Waals surface area (Å²) < 4.78 is 29.5. The van der Waals surface area contributed by atoms with Crippen LogP contribution in [0.5, 0.6) is 23.0 Å². The van der Waals surface area contributed by atoms with E-state index >= 15 is 0 Å². The summed E-state index contributed by atoms with van der Waals surface area (Å²) in [6.07, 6.45) is 0.757. The lowest BCUT2D eigenvalue weighted by Crippen LogP contribution is -2.46. The summed E-state index contributed by atoms with van der Waals surface area (Å²) in [7, 11) is 5.66. The van der Waals surface area contributed by atoms with Gasteiger partial charge in [0.25, 0.3) is 5.56 Å². The molecule has 218 valence electrons. The zero-order chi connectivity index (χ0) is 29.3. The third kappa shape index (κ3) is 5.41. The van der Waals surface area contributed by atoms with Crippen LogP contribution in [0.1, 0.15) is 47.5 Å². The predicted octanol–water partition coefficient (Wildman–Crippen LogP) is 2.85. The summed E-state index contributed by atoms with van der Waals surface area (Å²) in [4.78, 5) is 40.1. The maximum absolute atomic E-state index is 13.0. The molecule has 2 bridgehead atoms. The lowest BCUT2D eigenvalue weighted by Gasteiger charge is -2.42. The van der Waals surface area contributed by atoms with Crippen molar-refractivity contribution >= 4 is 5.97 Å². The van der Waals surface area contributed by atoms with Crippen molar-refractivity contribution in [2.75, 3.05) is 41.5 Å². The van der Waals surface area contributed by atoms with E-state index in [4.69, 9.17) is 23.4 Å². The van der Waals surface area contributed by atoms with Crippen molar-refractivity contribution in [1.82, 2.24) is 9.47 Å². The number of aromatic nitrogens is 1. The van der Waals surface area contributed by atoms with Gasteiger partial charge in [0.1, 0.15) is 5.76 Å². The van der Waals surface area contributed by atoms with E-state index in [1.807, 2.05) is 10.6 Å². The van der Waals surface area contributed by atoms with Crippen LogP contribution in [0.15, 0.2) is 50.4 Å². The van der Waals surface area contributed by atoms with E-state index in [1.54, 1.807) is 24.3 Å². The number of nitrogens with zero attached hydrogens (tertiary/aromatic N) is 2. The molecule has 0 aliphatic carbocycles. The molecule has 2 aromatic heterocycles. The molecule has 11 nitrogen and oxygen atoms in total. The predicted molar refractivity (Wildman–Crippen MR) is 148 cm³/mol. The second kappa shape index (κ2) is 11.7. The van der Waals surface area contributed by atoms with Gasteiger partial charge >= 0.3 is 5.97 Å². The molecule has 1 fully saturated rings. The molecule has 0 spiro atoms. The number of ether oxygens (including phenoxy) is 4. The smallest absolute Gasteiger partial charge is 0.306 e. The molecule has 3 aromatic rings. The van der Waals surface area contributed by atoms with Gasteiger partial charge in [-0.2, -0.15) is 0 Å². The van der Waals surface area contributed by atoms with Crippen LogP contribution in [-0.2, 0) is 22.6 Å². The number of methoxy groups -OCH3 is 4. The monoisotopic (exact) mass is 566 g/mol. The van der Waals surface area contributed by atoms with Crippen LogP contribution in [0.25, 0.3) is 0 Å². The highest BCUT2D eigenvalue weighted by Crippen LogP contribution is 2.46. The number of carbonyl (C=O) groups excluding carboxylic acids is 1. The van der Waals surface area contributed by atoms with Gasteiger partial charge < -0.3 is 33.0 Å². The number of piperidine rings is 1. The largest absolute Gasteiger partial charge is 0.502 e. The van der Waals surface area contributed by atoms with E-state index in [-0.39, 0.29) is 35.3 Å². The maximum Gasteiger partial charge on any atom is 0.306 e. The first-order valence-electron chi connectivity index (χ1n) is 13.4. The topological polar surface area (TPSA) is 130 Å². The fraction of sp³-hybridized carbons (Fsp3) is 0.433. The Bertz CT molecular complexity index is 1560. The second-order valence-electron chi connectivity index (χ2n) is 10.4. The van der Waals surface area contributed by atoms with Crippen molar-refractivity contribution in [1.29, 1.82) is 0 Å². The summed E-state index contributed by atoms with van der Waals surface area (Å²) in [6, 6.07) is 9.98. The summed E-state index contributed by atoms with van der Waals surface area (Å²) in [5.74, 6) is -0.380. The lowest BCUT2D eigenvalue weighted by molar-refractivity contribution is -0.140. The molecule has 4 heterocycles. The van der Waals surface area contributed by atoms with E-state index in [0.29, 0.717) is 42.5 Å². The van der Waals surface area contributed by atoms with E-state index < -0.39 is 23.1 Å². The van der Waals surface area contributed by atoms with Gasteiger partial charge in [-0.3, -0.25) is 19.3 Å². The molecule has 1 aromatic carbocycles. The molecule has 0 radical (unpaired) electrons. The van der Waals surface area contributed by atoms with Crippen molar-refractivity contribution in [2.45, 2.75) is 37.8 Å². The molecular weight excluding hydrogens is 532 g/mol. The molecule has 3 atom stereocenters. The molecule has 11 heteroatoms. The van der Waals surface area contributed by atoms with Gasteiger partial charge in [-0.15, -0.1) is 0 Å².